The van der Waals surface area contributed by atoms with Crippen LogP contribution in [-0.4, -0.2) is 31.6 Å². The van der Waals surface area contributed by atoms with Crippen LogP contribution in [0.1, 0.15) is 17.3 Å². The van der Waals surface area contributed by atoms with Crippen LogP contribution in [-0.2, 0) is 4.79 Å². The Morgan fingerprint density at radius 3 is 2.45 bits per heavy atom. The summed E-state index contributed by atoms with van der Waals surface area (Å²) in [6.07, 6.45) is 0. The van der Waals surface area contributed by atoms with E-state index in [1.807, 2.05) is 42.5 Å². The highest BCUT2D eigenvalue weighted by Gasteiger charge is 2.10. The molecule has 0 aliphatic carbocycles. The lowest BCUT2D eigenvalue weighted by atomic mass is 10.1. The maximum atomic E-state index is 11.3. The van der Waals surface area contributed by atoms with Gasteiger partial charge in [-0.3, -0.25) is 4.79 Å². The summed E-state index contributed by atoms with van der Waals surface area (Å²) in [4.78, 5) is 26.8. The first-order valence-corrected chi connectivity index (χ1v) is 8.84. The molecule has 8 nitrogen and oxygen atoms in total. The van der Waals surface area contributed by atoms with Gasteiger partial charge in [-0.25, -0.2) is 9.31 Å². The first kappa shape index (κ1) is 18.2. The van der Waals surface area contributed by atoms with Crippen molar-refractivity contribution >= 4 is 34.8 Å². The van der Waals surface area contributed by atoms with Gasteiger partial charge in [0.05, 0.1) is 11.3 Å². The first-order valence-electron chi connectivity index (χ1n) is 8.84. The molecule has 0 saturated carbocycles. The summed E-state index contributed by atoms with van der Waals surface area (Å²) in [5.74, 6) is -0.728. The molecule has 0 bridgehead atoms. The van der Waals surface area contributed by atoms with E-state index in [1.54, 1.807) is 16.6 Å². The average molecular weight is 387 g/mol. The van der Waals surface area contributed by atoms with Crippen molar-refractivity contribution in [3.63, 3.8) is 0 Å². The minimum absolute atomic E-state index is 0.137. The Bertz CT molecular complexity index is 1210. The highest BCUT2D eigenvalue weighted by Crippen LogP contribution is 2.24. The molecule has 8 heteroatoms. The van der Waals surface area contributed by atoms with E-state index >= 15 is 0 Å². The number of hydrogen-bond acceptors (Lipinski definition) is 5. The van der Waals surface area contributed by atoms with Crippen LogP contribution < -0.4 is 10.6 Å². The van der Waals surface area contributed by atoms with E-state index in [9.17, 15) is 9.59 Å². The van der Waals surface area contributed by atoms with Crippen molar-refractivity contribution in [2.45, 2.75) is 6.92 Å². The minimum Gasteiger partial charge on any atom is -0.478 e. The zero-order chi connectivity index (χ0) is 20.4. The SMILES string of the molecule is CC(=O)Nc1cccc(-c2cccc3nc(Nc4ccc(C(=O)O)cc4)nn23)c1. The van der Waals surface area contributed by atoms with Crippen molar-refractivity contribution in [2.24, 2.45) is 0 Å². The molecule has 0 aliphatic heterocycles. The molecule has 29 heavy (non-hydrogen) atoms. The molecule has 2 aromatic carbocycles. The van der Waals surface area contributed by atoms with Crippen LogP contribution in [0.2, 0.25) is 0 Å². The number of carboxylic acids is 1. The van der Waals surface area contributed by atoms with E-state index in [2.05, 4.69) is 20.7 Å². The van der Waals surface area contributed by atoms with Crippen LogP contribution in [0.5, 0.6) is 0 Å². The molecule has 0 fully saturated rings. The van der Waals surface area contributed by atoms with E-state index in [-0.39, 0.29) is 11.5 Å². The fourth-order valence-electron chi connectivity index (χ4n) is 2.96. The Labute approximate surface area is 165 Å². The minimum atomic E-state index is -0.978. The van der Waals surface area contributed by atoms with E-state index in [1.165, 1.54) is 19.1 Å². The van der Waals surface area contributed by atoms with Gasteiger partial charge in [0, 0.05) is 23.9 Å². The third-order valence-corrected chi connectivity index (χ3v) is 4.23. The Morgan fingerprint density at radius 1 is 0.966 bits per heavy atom. The van der Waals surface area contributed by atoms with Crippen LogP contribution in [0.3, 0.4) is 0 Å². The van der Waals surface area contributed by atoms with Crippen molar-refractivity contribution in [1.82, 2.24) is 14.6 Å². The number of carboxylic acid groups (broad SMARTS) is 1. The average Bonchev–Trinajstić information content (AvgIpc) is 3.10. The van der Waals surface area contributed by atoms with Gasteiger partial charge < -0.3 is 15.7 Å². The van der Waals surface area contributed by atoms with Crippen LogP contribution >= 0.6 is 0 Å². The molecule has 2 heterocycles. The zero-order valence-electron chi connectivity index (χ0n) is 15.5. The number of fused-ring (bicyclic) bond motifs is 1. The standard InChI is InChI=1S/C21H17N5O3/c1-13(27)22-17-5-2-4-15(12-17)18-6-3-7-19-24-21(25-26(18)19)23-16-10-8-14(9-11-16)20(28)29/h2-12H,1H3,(H,22,27)(H,23,25)(H,28,29). The van der Waals surface area contributed by atoms with Gasteiger partial charge in [-0.2, -0.15) is 4.98 Å². The number of nitrogens with zero attached hydrogens (tertiary/aromatic N) is 3. The van der Waals surface area contributed by atoms with Gasteiger partial charge in [0.25, 0.3) is 0 Å². The summed E-state index contributed by atoms with van der Waals surface area (Å²) < 4.78 is 1.71. The number of benzene rings is 2. The highest BCUT2D eigenvalue weighted by molar-refractivity contribution is 5.89. The molecule has 0 spiro atoms. The van der Waals surface area contributed by atoms with Crippen LogP contribution in [0.25, 0.3) is 16.9 Å². The lowest BCUT2D eigenvalue weighted by molar-refractivity contribution is -0.114. The molecule has 2 aromatic heterocycles. The monoisotopic (exact) mass is 387 g/mol. The molecule has 4 rings (SSSR count). The van der Waals surface area contributed by atoms with Gasteiger partial charge in [0.15, 0.2) is 5.65 Å². The Hall–Kier alpha value is -4.20. The summed E-state index contributed by atoms with van der Waals surface area (Å²) in [5, 5.41) is 19.4. The fourth-order valence-corrected chi connectivity index (χ4v) is 2.96. The largest absolute Gasteiger partial charge is 0.478 e. The molecule has 144 valence electrons. The number of hydrogen-bond donors (Lipinski definition) is 3. The van der Waals surface area contributed by atoms with Gasteiger partial charge in [-0.15, -0.1) is 5.10 Å². The second-order valence-electron chi connectivity index (χ2n) is 6.39. The van der Waals surface area contributed by atoms with Crippen molar-refractivity contribution in [3.05, 3.63) is 72.3 Å². The Kier molecular flexibility index (Phi) is 4.66. The van der Waals surface area contributed by atoms with Crippen molar-refractivity contribution in [1.29, 1.82) is 0 Å². The van der Waals surface area contributed by atoms with Gasteiger partial charge in [0.2, 0.25) is 11.9 Å². The molecule has 1 amide bonds. The van der Waals surface area contributed by atoms with Crippen LogP contribution in [0, 0.1) is 0 Å². The topological polar surface area (TPSA) is 109 Å². The van der Waals surface area contributed by atoms with Crippen molar-refractivity contribution in [3.8, 4) is 11.3 Å². The maximum absolute atomic E-state index is 11.3. The molecule has 0 unspecified atom stereocenters. The number of carbonyl (C=O) groups is 2. The van der Waals surface area contributed by atoms with Crippen molar-refractivity contribution in [2.75, 3.05) is 10.6 Å². The van der Waals surface area contributed by atoms with E-state index in [0.717, 1.165) is 11.3 Å². The first-order chi connectivity index (χ1) is 14.0. The molecule has 0 saturated heterocycles. The van der Waals surface area contributed by atoms with Gasteiger partial charge in [-0.05, 0) is 48.5 Å². The highest BCUT2D eigenvalue weighted by atomic mass is 16.4. The predicted octanol–water partition coefficient (Wildman–Crippen LogP) is 3.80. The number of rotatable bonds is 5. The summed E-state index contributed by atoms with van der Waals surface area (Å²) in [7, 11) is 0. The third kappa shape index (κ3) is 3.91. The Morgan fingerprint density at radius 2 is 1.72 bits per heavy atom. The number of anilines is 3. The molecule has 0 atom stereocenters. The second kappa shape index (κ2) is 7.43. The maximum Gasteiger partial charge on any atom is 0.335 e. The Balaban J connectivity index is 1.67. The summed E-state index contributed by atoms with van der Waals surface area (Å²) in [6, 6.07) is 19.5. The summed E-state index contributed by atoms with van der Waals surface area (Å²) >= 11 is 0. The van der Waals surface area contributed by atoms with E-state index in [0.29, 0.717) is 23.0 Å². The fraction of sp³-hybridized carbons (Fsp3) is 0.0476. The molecule has 4 aromatic rings. The number of nitrogens with one attached hydrogen (secondary N) is 2. The molecule has 3 N–H and O–H groups in total. The second-order valence-corrected chi connectivity index (χ2v) is 6.39. The summed E-state index contributed by atoms with van der Waals surface area (Å²) in [6.45, 7) is 1.46. The lowest BCUT2D eigenvalue weighted by Crippen LogP contribution is -2.05. The predicted molar refractivity (Wildman–Crippen MR) is 109 cm³/mol. The number of carbonyl (C=O) groups excluding carboxylic acids is 1. The molecular formula is C21H17N5O3. The normalized spacial score (nSPS) is 10.7. The third-order valence-electron chi connectivity index (χ3n) is 4.23. The smallest absolute Gasteiger partial charge is 0.335 e. The number of aromatic carboxylic acids is 1. The number of pyridine rings is 1. The lowest BCUT2D eigenvalue weighted by Gasteiger charge is -2.07. The summed E-state index contributed by atoms with van der Waals surface area (Å²) in [5.41, 5.74) is 3.93. The van der Waals surface area contributed by atoms with Gasteiger partial charge >= 0.3 is 5.97 Å². The zero-order valence-corrected chi connectivity index (χ0v) is 15.5. The quantitative estimate of drug-likeness (QED) is 0.481. The molecular weight excluding hydrogens is 370 g/mol. The van der Waals surface area contributed by atoms with E-state index < -0.39 is 5.97 Å². The van der Waals surface area contributed by atoms with E-state index in [4.69, 9.17) is 5.11 Å². The van der Waals surface area contributed by atoms with Crippen LogP contribution in [0.15, 0.2) is 66.7 Å². The van der Waals surface area contributed by atoms with Gasteiger partial charge in [0.1, 0.15) is 0 Å². The van der Waals surface area contributed by atoms with Gasteiger partial charge in [-0.1, -0.05) is 18.2 Å². The van der Waals surface area contributed by atoms with Crippen LogP contribution in [0.4, 0.5) is 17.3 Å². The molecule has 0 aliphatic rings. The van der Waals surface area contributed by atoms with Crippen molar-refractivity contribution < 1.29 is 14.7 Å². The number of aromatic nitrogens is 3. The number of amides is 1. The molecule has 0 radical (unpaired) electrons.